The van der Waals surface area contributed by atoms with Crippen LogP contribution in [-0.2, 0) is 0 Å². The fourth-order valence-electron chi connectivity index (χ4n) is 1.71. The monoisotopic (exact) mass is 219 g/mol. The van der Waals surface area contributed by atoms with Crippen molar-refractivity contribution in [2.75, 3.05) is 12.4 Å². The summed E-state index contributed by atoms with van der Waals surface area (Å²) in [6.45, 7) is 3.80. The molecule has 0 unspecified atom stereocenters. The first-order chi connectivity index (χ1) is 7.61. The molecule has 1 aromatic heterocycles. The summed E-state index contributed by atoms with van der Waals surface area (Å²) >= 11 is 0. The van der Waals surface area contributed by atoms with E-state index in [9.17, 15) is 4.39 Å². The molecule has 4 heteroatoms. The first-order valence-corrected chi connectivity index (χ1v) is 5.13. The van der Waals surface area contributed by atoms with Crippen LogP contribution < -0.4 is 5.32 Å². The van der Waals surface area contributed by atoms with E-state index in [4.69, 9.17) is 0 Å². The second-order valence-electron chi connectivity index (χ2n) is 3.76. The van der Waals surface area contributed by atoms with E-state index in [1.165, 1.54) is 6.07 Å². The van der Waals surface area contributed by atoms with Crippen molar-refractivity contribution in [1.29, 1.82) is 0 Å². The van der Waals surface area contributed by atoms with Crippen LogP contribution in [0.2, 0.25) is 0 Å². The maximum absolute atomic E-state index is 13.8. The number of hydrogen-bond acceptors (Lipinski definition) is 2. The second kappa shape index (κ2) is 3.96. The highest BCUT2D eigenvalue weighted by atomic mass is 19.1. The predicted octanol–water partition coefficient (Wildman–Crippen LogP) is 2.67. The first kappa shape index (κ1) is 10.7. The van der Waals surface area contributed by atoms with Gasteiger partial charge in [0.1, 0.15) is 5.69 Å². The van der Waals surface area contributed by atoms with Crippen LogP contribution in [0.1, 0.15) is 11.4 Å². The van der Waals surface area contributed by atoms with Crippen molar-refractivity contribution in [1.82, 2.24) is 9.78 Å². The Morgan fingerprint density at radius 1 is 1.25 bits per heavy atom. The van der Waals surface area contributed by atoms with E-state index >= 15 is 0 Å². The van der Waals surface area contributed by atoms with E-state index in [1.54, 1.807) is 17.8 Å². The minimum atomic E-state index is -0.280. The van der Waals surface area contributed by atoms with Gasteiger partial charge in [0.05, 0.1) is 5.69 Å². The molecule has 0 bridgehead atoms. The molecule has 3 nitrogen and oxygen atoms in total. The number of hydrogen-bond donors (Lipinski definition) is 1. The summed E-state index contributed by atoms with van der Waals surface area (Å²) in [6.07, 6.45) is 0. The van der Waals surface area contributed by atoms with E-state index in [0.717, 1.165) is 17.1 Å². The van der Waals surface area contributed by atoms with Gasteiger partial charge in [-0.3, -0.25) is 0 Å². The number of benzene rings is 1. The minimum Gasteiger partial charge on any atom is -0.388 e. The van der Waals surface area contributed by atoms with Crippen LogP contribution in [0.4, 0.5) is 10.1 Å². The highest BCUT2D eigenvalue weighted by Gasteiger charge is 2.09. The van der Waals surface area contributed by atoms with Crippen LogP contribution in [0.3, 0.4) is 0 Å². The van der Waals surface area contributed by atoms with Crippen LogP contribution in [0, 0.1) is 19.7 Å². The molecule has 2 rings (SSSR count). The minimum absolute atomic E-state index is 0.280. The lowest BCUT2D eigenvalue weighted by atomic mass is 10.2. The molecular weight excluding hydrogens is 205 g/mol. The van der Waals surface area contributed by atoms with E-state index in [0.29, 0.717) is 5.69 Å². The predicted molar refractivity (Wildman–Crippen MR) is 62.5 cm³/mol. The van der Waals surface area contributed by atoms with Crippen molar-refractivity contribution in [3.8, 4) is 5.69 Å². The van der Waals surface area contributed by atoms with Crippen LogP contribution in [0.15, 0.2) is 24.3 Å². The molecule has 0 aliphatic heterocycles. The fourth-order valence-corrected chi connectivity index (χ4v) is 1.71. The molecule has 84 valence electrons. The molecule has 0 saturated heterocycles. The molecule has 2 aromatic rings. The zero-order valence-corrected chi connectivity index (χ0v) is 9.58. The molecule has 1 aromatic carbocycles. The van der Waals surface area contributed by atoms with Gasteiger partial charge in [0.25, 0.3) is 0 Å². The molecule has 0 radical (unpaired) electrons. The summed E-state index contributed by atoms with van der Waals surface area (Å²) in [5.41, 5.74) is 3.04. The summed E-state index contributed by atoms with van der Waals surface area (Å²) in [6, 6.07) is 6.94. The molecule has 0 amide bonds. The van der Waals surface area contributed by atoms with Gasteiger partial charge in [-0.25, -0.2) is 9.07 Å². The quantitative estimate of drug-likeness (QED) is 0.841. The van der Waals surface area contributed by atoms with Crippen molar-refractivity contribution >= 4 is 5.69 Å². The third-order valence-electron chi connectivity index (χ3n) is 2.47. The molecular formula is C12H14FN3. The molecule has 0 fully saturated rings. The maximum Gasteiger partial charge on any atom is 0.150 e. The molecule has 16 heavy (non-hydrogen) atoms. The molecule has 0 spiro atoms. The Hall–Kier alpha value is -1.84. The van der Waals surface area contributed by atoms with Gasteiger partial charge in [-0.1, -0.05) is 0 Å². The Morgan fingerprint density at radius 2 is 2.00 bits per heavy atom. The van der Waals surface area contributed by atoms with Gasteiger partial charge in [0.15, 0.2) is 5.82 Å². The van der Waals surface area contributed by atoms with Crippen LogP contribution in [-0.4, -0.2) is 16.8 Å². The van der Waals surface area contributed by atoms with Crippen molar-refractivity contribution in [2.24, 2.45) is 0 Å². The third-order valence-corrected chi connectivity index (χ3v) is 2.47. The number of halogens is 1. The van der Waals surface area contributed by atoms with Gasteiger partial charge in [0.2, 0.25) is 0 Å². The highest BCUT2D eigenvalue weighted by molar-refractivity contribution is 5.49. The Bertz CT molecular complexity index is 517. The molecule has 0 aliphatic rings. The Balaban J connectivity index is 2.52. The number of nitrogens with one attached hydrogen (secondary N) is 1. The van der Waals surface area contributed by atoms with Gasteiger partial charge in [-0.2, -0.15) is 5.10 Å². The molecule has 0 atom stereocenters. The third kappa shape index (κ3) is 1.78. The molecule has 0 aliphatic carbocycles. The van der Waals surface area contributed by atoms with Gasteiger partial charge >= 0.3 is 0 Å². The number of rotatable bonds is 2. The lowest BCUT2D eigenvalue weighted by molar-refractivity contribution is 0.608. The smallest absolute Gasteiger partial charge is 0.150 e. The van der Waals surface area contributed by atoms with Crippen molar-refractivity contribution in [3.05, 3.63) is 41.5 Å². The highest BCUT2D eigenvalue weighted by Crippen LogP contribution is 2.19. The van der Waals surface area contributed by atoms with E-state index in [2.05, 4.69) is 10.4 Å². The van der Waals surface area contributed by atoms with E-state index in [-0.39, 0.29) is 5.82 Å². The molecule has 1 heterocycles. The number of anilines is 1. The van der Waals surface area contributed by atoms with Crippen LogP contribution in [0.5, 0.6) is 0 Å². The number of aryl methyl sites for hydroxylation is 2. The average molecular weight is 219 g/mol. The number of nitrogens with zero attached hydrogens (tertiary/aromatic N) is 2. The van der Waals surface area contributed by atoms with Crippen LogP contribution in [0.25, 0.3) is 5.69 Å². The van der Waals surface area contributed by atoms with Gasteiger partial charge in [-0.05, 0) is 38.1 Å². The summed E-state index contributed by atoms with van der Waals surface area (Å²) in [4.78, 5) is 0. The van der Waals surface area contributed by atoms with Crippen molar-refractivity contribution in [2.45, 2.75) is 13.8 Å². The van der Waals surface area contributed by atoms with E-state index in [1.807, 2.05) is 26.0 Å². The van der Waals surface area contributed by atoms with Gasteiger partial charge in [0, 0.05) is 18.4 Å². The standard InChI is InChI=1S/C12H14FN3/c1-8-6-9(2)16(15-8)12-5-4-10(14-3)7-11(12)13/h4-7,14H,1-3H3. The van der Waals surface area contributed by atoms with Crippen molar-refractivity contribution in [3.63, 3.8) is 0 Å². The average Bonchev–Trinajstić information content (AvgIpc) is 2.57. The summed E-state index contributed by atoms with van der Waals surface area (Å²) in [7, 11) is 1.76. The lowest BCUT2D eigenvalue weighted by Gasteiger charge is -2.07. The SMILES string of the molecule is CNc1ccc(-n2nc(C)cc2C)c(F)c1. The normalized spacial score (nSPS) is 10.5. The Kier molecular flexibility index (Phi) is 2.64. The maximum atomic E-state index is 13.8. The van der Waals surface area contributed by atoms with Crippen LogP contribution >= 0.6 is 0 Å². The summed E-state index contributed by atoms with van der Waals surface area (Å²) < 4.78 is 15.4. The fraction of sp³-hybridized carbons (Fsp3) is 0.250. The topological polar surface area (TPSA) is 29.9 Å². The zero-order valence-electron chi connectivity index (χ0n) is 9.58. The first-order valence-electron chi connectivity index (χ1n) is 5.13. The summed E-state index contributed by atoms with van der Waals surface area (Å²) in [5, 5.41) is 7.15. The van der Waals surface area contributed by atoms with Crippen molar-refractivity contribution < 1.29 is 4.39 Å². The Labute approximate surface area is 93.9 Å². The zero-order chi connectivity index (χ0) is 11.7. The van der Waals surface area contributed by atoms with E-state index < -0.39 is 0 Å². The number of aromatic nitrogens is 2. The Morgan fingerprint density at radius 3 is 2.50 bits per heavy atom. The largest absolute Gasteiger partial charge is 0.388 e. The van der Waals surface area contributed by atoms with Gasteiger partial charge in [-0.15, -0.1) is 0 Å². The molecule has 0 saturated carbocycles. The lowest BCUT2D eigenvalue weighted by Crippen LogP contribution is -2.02. The second-order valence-corrected chi connectivity index (χ2v) is 3.76. The van der Waals surface area contributed by atoms with Gasteiger partial charge < -0.3 is 5.32 Å². The summed E-state index contributed by atoms with van der Waals surface area (Å²) in [5.74, 6) is -0.280. The molecule has 1 N–H and O–H groups in total.